The summed E-state index contributed by atoms with van der Waals surface area (Å²) in [6.07, 6.45) is 0. The molecule has 1 unspecified atom stereocenters. The first-order valence-corrected chi connectivity index (χ1v) is 6.32. The molecule has 6 heteroatoms. The monoisotopic (exact) mass is 288 g/mol. The summed E-state index contributed by atoms with van der Waals surface area (Å²) in [4.78, 5) is 13.9. The van der Waals surface area contributed by atoms with Crippen molar-refractivity contribution >= 4 is 5.91 Å². The Kier molecular flexibility index (Phi) is 5.56. The van der Waals surface area contributed by atoms with Gasteiger partial charge in [-0.25, -0.2) is 13.2 Å². The fourth-order valence-electron chi connectivity index (χ4n) is 1.75. The van der Waals surface area contributed by atoms with Crippen LogP contribution in [0, 0.1) is 23.4 Å². The predicted molar refractivity (Wildman–Crippen MR) is 71.0 cm³/mol. The van der Waals surface area contributed by atoms with Gasteiger partial charge in [-0.2, -0.15) is 0 Å². The molecule has 1 rings (SSSR count). The highest BCUT2D eigenvalue weighted by molar-refractivity contribution is 5.94. The number of hydrogen-bond acceptors (Lipinski definition) is 2. The third-order valence-corrected chi connectivity index (χ3v) is 2.93. The minimum Gasteiger partial charge on any atom is -0.348 e. The molecule has 1 aromatic rings. The number of amides is 1. The number of carbonyl (C=O) groups excluding carboxylic acids is 1. The molecule has 0 aliphatic heterocycles. The van der Waals surface area contributed by atoms with Gasteiger partial charge < -0.3 is 10.2 Å². The highest BCUT2D eigenvalue weighted by atomic mass is 19.2. The predicted octanol–water partition coefficient (Wildman–Crippen LogP) is 2.42. The minimum atomic E-state index is -1.57. The molecule has 1 amide bonds. The molecule has 0 aromatic heterocycles. The van der Waals surface area contributed by atoms with Crippen LogP contribution in [0.25, 0.3) is 0 Å². The molecule has 0 fully saturated rings. The number of nitrogens with one attached hydrogen (secondary N) is 1. The van der Waals surface area contributed by atoms with E-state index in [1.807, 2.05) is 32.8 Å². The third kappa shape index (κ3) is 4.23. The SMILES string of the molecule is CC(C)C(CN(C)C)NC(=O)c1cc(F)c(F)c(F)c1. The van der Waals surface area contributed by atoms with Gasteiger partial charge in [0.25, 0.3) is 5.91 Å². The van der Waals surface area contributed by atoms with Gasteiger partial charge in [0.15, 0.2) is 17.5 Å². The van der Waals surface area contributed by atoms with Crippen molar-refractivity contribution in [3.8, 4) is 0 Å². The summed E-state index contributed by atoms with van der Waals surface area (Å²) in [5, 5.41) is 2.70. The summed E-state index contributed by atoms with van der Waals surface area (Å²) in [5.74, 6) is -4.79. The average molecular weight is 288 g/mol. The van der Waals surface area contributed by atoms with E-state index in [-0.39, 0.29) is 17.5 Å². The van der Waals surface area contributed by atoms with Crippen molar-refractivity contribution in [2.24, 2.45) is 5.92 Å². The largest absolute Gasteiger partial charge is 0.348 e. The van der Waals surface area contributed by atoms with Crippen molar-refractivity contribution < 1.29 is 18.0 Å². The molecule has 112 valence electrons. The first-order valence-electron chi connectivity index (χ1n) is 6.32. The molecule has 0 bridgehead atoms. The summed E-state index contributed by atoms with van der Waals surface area (Å²) in [6.45, 7) is 4.45. The van der Waals surface area contributed by atoms with Crippen molar-refractivity contribution in [2.75, 3.05) is 20.6 Å². The van der Waals surface area contributed by atoms with E-state index in [4.69, 9.17) is 0 Å². The van der Waals surface area contributed by atoms with E-state index in [1.54, 1.807) is 0 Å². The average Bonchev–Trinajstić information content (AvgIpc) is 2.33. The van der Waals surface area contributed by atoms with E-state index in [1.165, 1.54) is 0 Å². The van der Waals surface area contributed by atoms with Crippen LogP contribution in [0.2, 0.25) is 0 Å². The fourth-order valence-corrected chi connectivity index (χ4v) is 1.75. The van der Waals surface area contributed by atoms with E-state index < -0.39 is 23.4 Å². The molecule has 0 saturated carbocycles. The molecule has 1 atom stereocenters. The number of halogens is 3. The van der Waals surface area contributed by atoms with Crippen LogP contribution in [-0.2, 0) is 0 Å². The number of nitrogens with zero attached hydrogens (tertiary/aromatic N) is 1. The molecule has 0 saturated heterocycles. The zero-order valence-corrected chi connectivity index (χ0v) is 12.0. The second-order valence-corrected chi connectivity index (χ2v) is 5.34. The molecular formula is C14H19F3N2O. The van der Waals surface area contributed by atoms with Gasteiger partial charge in [-0.1, -0.05) is 13.8 Å². The summed E-state index contributed by atoms with van der Waals surface area (Å²) in [5.41, 5.74) is -0.231. The molecule has 0 aliphatic carbocycles. The highest BCUT2D eigenvalue weighted by Gasteiger charge is 2.20. The van der Waals surface area contributed by atoms with Crippen LogP contribution >= 0.6 is 0 Å². The summed E-state index contributed by atoms with van der Waals surface area (Å²) in [7, 11) is 3.72. The van der Waals surface area contributed by atoms with E-state index >= 15 is 0 Å². The second-order valence-electron chi connectivity index (χ2n) is 5.34. The van der Waals surface area contributed by atoms with Crippen LogP contribution in [0.4, 0.5) is 13.2 Å². The van der Waals surface area contributed by atoms with E-state index in [0.717, 1.165) is 0 Å². The lowest BCUT2D eigenvalue weighted by atomic mass is 10.0. The third-order valence-electron chi connectivity index (χ3n) is 2.93. The van der Waals surface area contributed by atoms with Crippen molar-refractivity contribution in [1.29, 1.82) is 0 Å². The van der Waals surface area contributed by atoms with Gasteiger partial charge >= 0.3 is 0 Å². The number of rotatable bonds is 5. The van der Waals surface area contributed by atoms with Crippen LogP contribution in [0.5, 0.6) is 0 Å². The van der Waals surface area contributed by atoms with Gasteiger partial charge in [-0.05, 0) is 32.1 Å². The Morgan fingerprint density at radius 3 is 2.10 bits per heavy atom. The molecule has 0 heterocycles. The Balaban J connectivity index is 2.89. The standard InChI is InChI=1S/C14H19F3N2O/c1-8(2)12(7-19(3)4)18-14(20)9-5-10(15)13(17)11(16)6-9/h5-6,8,12H,7H2,1-4H3,(H,18,20). The Morgan fingerprint density at radius 2 is 1.70 bits per heavy atom. The van der Waals surface area contributed by atoms with Crippen LogP contribution in [0.3, 0.4) is 0 Å². The maximum Gasteiger partial charge on any atom is 0.251 e. The van der Waals surface area contributed by atoms with Crippen LogP contribution in [-0.4, -0.2) is 37.5 Å². The molecule has 3 nitrogen and oxygen atoms in total. The summed E-state index contributed by atoms with van der Waals surface area (Å²) in [6, 6.07) is 1.22. The Labute approximate surface area is 116 Å². The van der Waals surface area contributed by atoms with Gasteiger partial charge in [0.05, 0.1) is 0 Å². The van der Waals surface area contributed by atoms with E-state index in [2.05, 4.69) is 5.32 Å². The quantitative estimate of drug-likeness (QED) is 0.844. The second kappa shape index (κ2) is 6.74. The van der Waals surface area contributed by atoms with Crippen LogP contribution in [0.15, 0.2) is 12.1 Å². The lowest BCUT2D eigenvalue weighted by Crippen LogP contribution is -2.45. The lowest BCUT2D eigenvalue weighted by molar-refractivity contribution is 0.0915. The molecule has 20 heavy (non-hydrogen) atoms. The van der Waals surface area contributed by atoms with E-state index in [0.29, 0.717) is 18.7 Å². The first kappa shape index (κ1) is 16.5. The van der Waals surface area contributed by atoms with Gasteiger partial charge in [0.1, 0.15) is 0 Å². The maximum absolute atomic E-state index is 13.1. The topological polar surface area (TPSA) is 32.3 Å². The fraction of sp³-hybridized carbons (Fsp3) is 0.500. The number of likely N-dealkylation sites (N-methyl/N-ethyl adjacent to an activating group) is 1. The van der Waals surface area contributed by atoms with Crippen molar-refractivity contribution in [2.45, 2.75) is 19.9 Å². The number of carbonyl (C=O) groups is 1. The van der Waals surface area contributed by atoms with Gasteiger partial charge in [-0.15, -0.1) is 0 Å². The lowest BCUT2D eigenvalue weighted by Gasteiger charge is -2.25. The Bertz CT molecular complexity index is 466. The van der Waals surface area contributed by atoms with Crippen molar-refractivity contribution in [3.63, 3.8) is 0 Å². The molecule has 0 aliphatic rings. The number of hydrogen-bond donors (Lipinski definition) is 1. The normalized spacial score (nSPS) is 12.8. The zero-order valence-electron chi connectivity index (χ0n) is 12.0. The highest BCUT2D eigenvalue weighted by Crippen LogP contribution is 2.14. The van der Waals surface area contributed by atoms with Crippen molar-refractivity contribution in [3.05, 3.63) is 35.1 Å². The molecular weight excluding hydrogens is 269 g/mol. The smallest absolute Gasteiger partial charge is 0.251 e. The van der Waals surface area contributed by atoms with Crippen LogP contribution < -0.4 is 5.32 Å². The molecule has 0 spiro atoms. The summed E-state index contributed by atoms with van der Waals surface area (Å²) < 4.78 is 39.1. The van der Waals surface area contributed by atoms with E-state index in [9.17, 15) is 18.0 Å². The van der Waals surface area contributed by atoms with Gasteiger partial charge in [0, 0.05) is 18.2 Å². The summed E-state index contributed by atoms with van der Waals surface area (Å²) >= 11 is 0. The van der Waals surface area contributed by atoms with Crippen molar-refractivity contribution in [1.82, 2.24) is 10.2 Å². The van der Waals surface area contributed by atoms with Crippen LogP contribution in [0.1, 0.15) is 24.2 Å². The van der Waals surface area contributed by atoms with Gasteiger partial charge in [-0.3, -0.25) is 4.79 Å². The zero-order chi connectivity index (χ0) is 15.4. The Hall–Kier alpha value is -1.56. The maximum atomic E-state index is 13.1. The Morgan fingerprint density at radius 1 is 1.20 bits per heavy atom. The first-order chi connectivity index (χ1) is 9.22. The minimum absolute atomic E-state index is 0.150. The van der Waals surface area contributed by atoms with Gasteiger partial charge in [0.2, 0.25) is 0 Å². The number of benzene rings is 1. The molecule has 0 radical (unpaired) electrons. The molecule has 1 aromatic carbocycles. The molecule has 1 N–H and O–H groups in total.